The number of esters is 1. The van der Waals surface area contributed by atoms with Crippen molar-refractivity contribution in [3.05, 3.63) is 0 Å². The zero-order chi connectivity index (χ0) is 12.3. The van der Waals surface area contributed by atoms with Crippen LogP contribution in [0.25, 0.3) is 0 Å². The summed E-state index contributed by atoms with van der Waals surface area (Å²) in [5.41, 5.74) is -1.53. The third kappa shape index (κ3) is 4.00. The van der Waals surface area contributed by atoms with Gasteiger partial charge < -0.3 is 14.3 Å². The van der Waals surface area contributed by atoms with E-state index in [0.29, 0.717) is 6.29 Å². The third-order valence-electron chi connectivity index (χ3n) is 2.01. The van der Waals surface area contributed by atoms with E-state index in [1.165, 1.54) is 7.11 Å². The Kier molecular flexibility index (Phi) is 4.46. The maximum Gasteiger partial charge on any atom is 0.315 e. The summed E-state index contributed by atoms with van der Waals surface area (Å²) in [6, 6.07) is 0. The maximum atomic E-state index is 11.8. The molecular weight excluding hydrogens is 196 g/mol. The second-order valence-electron chi connectivity index (χ2n) is 5.02. The quantitative estimate of drug-likeness (QED) is 0.528. The molecule has 4 nitrogen and oxygen atoms in total. The van der Waals surface area contributed by atoms with Crippen molar-refractivity contribution in [1.29, 1.82) is 0 Å². The second kappa shape index (κ2) is 4.75. The van der Waals surface area contributed by atoms with Crippen LogP contribution in [0.15, 0.2) is 0 Å². The van der Waals surface area contributed by atoms with Crippen molar-refractivity contribution in [1.82, 2.24) is 0 Å². The van der Waals surface area contributed by atoms with E-state index in [1.807, 2.05) is 0 Å². The molecule has 1 atom stereocenters. The molecule has 1 unspecified atom stereocenters. The lowest BCUT2D eigenvalue weighted by molar-refractivity contribution is -0.174. The number of methoxy groups -OCH3 is 1. The standard InChI is InChI=1S/C11H20O4/c1-10(2,3)15-9(13)11(4,5)8(7-12)14-6/h7-8H,1-6H3. The van der Waals surface area contributed by atoms with E-state index in [9.17, 15) is 9.59 Å². The van der Waals surface area contributed by atoms with Crippen molar-refractivity contribution in [3.63, 3.8) is 0 Å². The van der Waals surface area contributed by atoms with Gasteiger partial charge in [0.25, 0.3) is 0 Å². The Bertz CT molecular complexity index is 237. The Morgan fingerprint density at radius 2 is 1.67 bits per heavy atom. The number of rotatable bonds is 4. The van der Waals surface area contributed by atoms with Crippen molar-refractivity contribution in [2.24, 2.45) is 5.41 Å². The molecule has 0 radical (unpaired) electrons. The first-order valence-corrected chi connectivity index (χ1v) is 4.86. The van der Waals surface area contributed by atoms with Crippen molar-refractivity contribution < 1.29 is 19.1 Å². The van der Waals surface area contributed by atoms with Crippen LogP contribution in [-0.4, -0.2) is 31.1 Å². The Balaban J connectivity index is 4.72. The summed E-state index contributed by atoms with van der Waals surface area (Å²) in [6.07, 6.45) is -0.170. The molecule has 0 aromatic rings. The molecular formula is C11H20O4. The predicted molar refractivity (Wildman–Crippen MR) is 56.5 cm³/mol. The maximum absolute atomic E-state index is 11.8. The van der Waals surface area contributed by atoms with Gasteiger partial charge >= 0.3 is 5.97 Å². The van der Waals surface area contributed by atoms with E-state index in [1.54, 1.807) is 34.6 Å². The van der Waals surface area contributed by atoms with Crippen molar-refractivity contribution >= 4 is 12.3 Å². The number of carbonyl (C=O) groups is 2. The fraction of sp³-hybridized carbons (Fsp3) is 0.818. The first-order valence-electron chi connectivity index (χ1n) is 4.86. The van der Waals surface area contributed by atoms with Crippen LogP contribution in [0.1, 0.15) is 34.6 Å². The molecule has 0 aliphatic rings. The van der Waals surface area contributed by atoms with Crippen LogP contribution in [0.2, 0.25) is 0 Å². The summed E-state index contributed by atoms with van der Waals surface area (Å²) in [7, 11) is 1.39. The summed E-state index contributed by atoms with van der Waals surface area (Å²) in [5.74, 6) is -0.436. The minimum absolute atomic E-state index is 0.436. The normalized spacial score (nSPS) is 14.5. The highest BCUT2D eigenvalue weighted by molar-refractivity contribution is 5.81. The van der Waals surface area contributed by atoms with E-state index in [-0.39, 0.29) is 0 Å². The number of aldehydes is 1. The monoisotopic (exact) mass is 216 g/mol. The third-order valence-corrected chi connectivity index (χ3v) is 2.01. The molecule has 0 heterocycles. The van der Waals surface area contributed by atoms with Crippen molar-refractivity contribution in [2.45, 2.75) is 46.3 Å². The summed E-state index contributed by atoms with van der Waals surface area (Å²) in [4.78, 5) is 22.5. The first kappa shape index (κ1) is 14.1. The number of hydrogen-bond donors (Lipinski definition) is 0. The van der Waals surface area contributed by atoms with Crippen LogP contribution in [-0.2, 0) is 19.1 Å². The lowest BCUT2D eigenvalue weighted by Crippen LogP contribution is -2.43. The number of carbonyl (C=O) groups excluding carboxylic acids is 2. The van der Waals surface area contributed by atoms with Gasteiger partial charge in [0.2, 0.25) is 0 Å². The van der Waals surface area contributed by atoms with Gasteiger partial charge in [0, 0.05) is 7.11 Å². The Labute approximate surface area is 90.9 Å². The zero-order valence-electron chi connectivity index (χ0n) is 10.3. The topological polar surface area (TPSA) is 52.6 Å². The average molecular weight is 216 g/mol. The van der Waals surface area contributed by atoms with Gasteiger partial charge in [-0.3, -0.25) is 4.79 Å². The predicted octanol–water partition coefficient (Wildman–Crippen LogP) is 1.57. The van der Waals surface area contributed by atoms with E-state index in [2.05, 4.69) is 0 Å². The van der Waals surface area contributed by atoms with Gasteiger partial charge in [-0.2, -0.15) is 0 Å². The smallest absolute Gasteiger partial charge is 0.315 e. The molecule has 0 saturated heterocycles. The molecule has 0 rings (SSSR count). The fourth-order valence-electron chi connectivity index (χ4n) is 1.05. The number of ether oxygens (including phenoxy) is 2. The lowest BCUT2D eigenvalue weighted by atomic mass is 9.87. The zero-order valence-corrected chi connectivity index (χ0v) is 10.3. The Hall–Kier alpha value is -0.900. The van der Waals surface area contributed by atoms with Gasteiger partial charge in [0.1, 0.15) is 18.0 Å². The molecule has 0 aromatic carbocycles. The highest BCUT2D eigenvalue weighted by Gasteiger charge is 2.40. The lowest BCUT2D eigenvalue weighted by Gasteiger charge is -2.31. The minimum Gasteiger partial charge on any atom is -0.459 e. The molecule has 4 heteroatoms. The average Bonchev–Trinajstić information content (AvgIpc) is 2.02. The highest BCUT2D eigenvalue weighted by Crippen LogP contribution is 2.26. The molecule has 0 saturated carbocycles. The molecule has 0 N–H and O–H groups in total. The van der Waals surface area contributed by atoms with Gasteiger partial charge in [-0.25, -0.2) is 0 Å². The van der Waals surface area contributed by atoms with Gasteiger partial charge in [-0.15, -0.1) is 0 Å². The fourth-order valence-corrected chi connectivity index (χ4v) is 1.05. The highest BCUT2D eigenvalue weighted by atomic mass is 16.6. The van der Waals surface area contributed by atoms with Gasteiger partial charge in [0.05, 0.1) is 5.41 Å². The van der Waals surface area contributed by atoms with Gasteiger partial charge in [0.15, 0.2) is 0 Å². The molecule has 0 aliphatic carbocycles. The molecule has 0 amide bonds. The SMILES string of the molecule is COC(C=O)C(C)(C)C(=O)OC(C)(C)C. The molecule has 0 fully saturated rings. The van der Waals surface area contributed by atoms with Crippen LogP contribution >= 0.6 is 0 Å². The molecule has 15 heavy (non-hydrogen) atoms. The van der Waals surface area contributed by atoms with E-state index in [4.69, 9.17) is 9.47 Å². The largest absolute Gasteiger partial charge is 0.459 e. The van der Waals surface area contributed by atoms with Crippen LogP contribution in [0.4, 0.5) is 0 Å². The van der Waals surface area contributed by atoms with E-state index >= 15 is 0 Å². The summed E-state index contributed by atoms with van der Waals surface area (Å²) >= 11 is 0. The minimum atomic E-state index is -0.968. The van der Waals surface area contributed by atoms with Crippen molar-refractivity contribution in [3.8, 4) is 0 Å². The van der Waals surface area contributed by atoms with Crippen LogP contribution in [0, 0.1) is 5.41 Å². The molecule has 0 aromatic heterocycles. The van der Waals surface area contributed by atoms with E-state index < -0.39 is 23.1 Å². The van der Waals surface area contributed by atoms with Crippen LogP contribution in [0.3, 0.4) is 0 Å². The second-order valence-corrected chi connectivity index (χ2v) is 5.02. The molecule has 0 aliphatic heterocycles. The number of hydrogen-bond acceptors (Lipinski definition) is 4. The van der Waals surface area contributed by atoms with Crippen LogP contribution in [0.5, 0.6) is 0 Å². The van der Waals surface area contributed by atoms with Gasteiger partial charge in [-0.05, 0) is 34.6 Å². The summed E-state index contributed by atoms with van der Waals surface area (Å²) in [6.45, 7) is 8.60. The summed E-state index contributed by atoms with van der Waals surface area (Å²) in [5, 5.41) is 0. The van der Waals surface area contributed by atoms with Crippen LogP contribution < -0.4 is 0 Å². The summed E-state index contributed by atoms with van der Waals surface area (Å²) < 4.78 is 10.1. The Morgan fingerprint density at radius 1 is 1.20 bits per heavy atom. The van der Waals surface area contributed by atoms with Gasteiger partial charge in [-0.1, -0.05) is 0 Å². The molecule has 0 spiro atoms. The first-order chi connectivity index (χ1) is 6.65. The Morgan fingerprint density at radius 3 is 1.93 bits per heavy atom. The molecule has 88 valence electrons. The molecule has 0 bridgehead atoms. The van der Waals surface area contributed by atoms with E-state index in [0.717, 1.165) is 0 Å². The van der Waals surface area contributed by atoms with Crippen molar-refractivity contribution in [2.75, 3.05) is 7.11 Å².